The molecular weight excluding hydrogens is 431 g/mol. The van der Waals surface area contributed by atoms with Crippen molar-refractivity contribution in [3.8, 4) is 11.3 Å². The third-order valence-electron chi connectivity index (χ3n) is 4.90. The monoisotopic (exact) mass is 441 g/mol. The Morgan fingerprint density at radius 2 is 1.87 bits per heavy atom. The molecular formula is C21H11ClF3N5O. The first-order chi connectivity index (χ1) is 14.9. The van der Waals surface area contributed by atoms with Crippen LogP contribution in [-0.2, 0) is 6.18 Å². The quantitative estimate of drug-likeness (QED) is 0.401. The molecule has 10 heteroatoms. The second-order valence-corrected chi connectivity index (χ2v) is 7.14. The number of carbonyl (C=O) groups is 1. The van der Waals surface area contributed by atoms with Gasteiger partial charge in [-0.2, -0.15) is 28.1 Å². The van der Waals surface area contributed by atoms with Crippen LogP contribution in [0.2, 0.25) is 5.02 Å². The molecule has 0 aliphatic heterocycles. The van der Waals surface area contributed by atoms with E-state index in [2.05, 4.69) is 20.3 Å². The fourth-order valence-electron chi connectivity index (χ4n) is 3.55. The topological polar surface area (TPSA) is 76.5 Å². The Morgan fingerprint density at radius 1 is 1.06 bits per heavy atom. The van der Waals surface area contributed by atoms with Gasteiger partial charge in [0.05, 0.1) is 33.4 Å². The molecule has 0 saturated carbocycles. The maximum Gasteiger partial charge on any atom is 0.417 e. The molecule has 0 aliphatic carbocycles. The third kappa shape index (κ3) is 3.05. The molecule has 5 aromatic rings. The molecule has 0 bridgehead atoms. The number of nitrogens with zero attached hydrogens (tertiary/aromatic N) is 4. The highest BCUT2D eigenvalue weighted by Gasteiger charge is 2.37. The van der Waals surface area contributed by atoms with E-state index in [9.17, 15) is 18.0 Å². The van der Waals surface area contributed by atoms with Gasteiger partial charge in [-0.1, -0.05) is 29.8 Å². The number of aromatic amines is 1. The van der Waals surface area contributed by atoms with Crippen LogP contribution in [0.3, 0.4) is 0 Å². The van der Waals surface area contributed by atoms with Crippen LogP contribution in [0.25, 0.3) is 33.2 Å². The molecule has 5 rings (SSSR count). The number of aromatic nitrogens is 5. The molecule has 31 heavy (non-hydrogen) atoms. The SMILES string of the molecule is O=C(c1c(Cl)cccc1C(F)(F)F)n1nc(-c2cccc3[nH]ncc23)c2ncccc21. The Labute approximate surface area is 177 Å². The Kier molecular flexibility index (Phi) is 4.30. The average molecular weight is 442 g/mol. The summed E-state index contributed by atoms with van der Waals surface area (Å²) in [6.45, 7) is 0. The van der Waals surface area contributed by atoms with Crippen molar-refractivity contribution in [3.05, 3.63) is 77.1 Å². The minimum Gasteiger partial charge on any atom is -0.278 e. The van der Waals surface area contributed by atoms with Crippen LogP contribution >= 0.6 is 11.6 Å². The Bertz CT molecular complexity index is 1470. The number of rotatable bonds is 2. The fraction of sp³-hybridized carbons (Fsp3) is 0.0476. The van der Waals surface area contributed by atoms with Gasteiger partial charge in [-0.15, -0.1) is 0 Å². The summed E-state index contributed by atoms with van der Waals surface area (Å²) in [5.74, 6) is -0.999. The number of fused-ring (bicyclic) bond motifs is 2. The zero-order valence-electron chi connectivity index (χ0n) is 15.5. The summed E-state index contributed by atoms with van der Waals surface area (Å²) in [6, 6.07) is 11.7. The molecule has 0 unspecified atom stereocenters. The number of carbonyl (C=O) groups excluding carboxylic acids is 1. The van der Waals surface area contributed by atoms with Crippen LogP contribution in [-0.4, -0.2) is 30.9 Å². The van der Waals surface area contributed by atoms with Gasteiger partial charge in [-0.3, -0.25) is 14.9 Å². The smallest absolute Gasteiger partial charge is 0.278 e. The number of alkyl halides is 3. The van der Waals surface area contributed by atoms with Crippen LogP contribution in [0.1, 0.15) is 15.9 Å². The van der Waals surface area contributed by atoms with Crippen LogP contribution in [0.15, 0.2) is 60.9 Å². The number of hydrogen-bond donors (Lipinski definition) is 1. The van der Waals surface area contributed by atoms with E-state index >= 15 is 0 Å². The van der Waals surface area contributed by atoms with Gasteiger partial charge in [-0.05, 0) is 30.3 Å². The number of H-pyrrole nitrogens is 1. The van der Waals surface area contributed by atoms with Crippen molar-refractivity contribution >= 4 is 39.4 Å². The van der Waals surface area contributed by atoms with Gasteiger partial charge in [0.1, 0.15) is 11.2 Å². The minimum absolute atomic E-state index is 0.260. The van der Waals surface area contributed by atoms with Crippen molar-refractivity contribution < 1.29 is 18.0 Å². The summed E-state index contributed by atoms with van der Waals surface area (Å²) >= 11 is 6.03. The molecule has 0 fully saturated rings. The second kappa shape index (κ2) is 6.92. The number of pyridine rings is 1. The Hall–Kier alpha value is -3.72. The molecule has 3 aromatic heterocycles. The number of benzene rings is 2. The molecule has 0 spiro atoms. The Balaban J connectivity index is 1.78. The number of hydrogen-bond acceptors (Lipinski definition) is 4. The predicted octanol–water partition coefficient (Wildman–Crippen LogP) is 5.34. The number of nitrogens with one attached hydrogen (secondary N) is 1. The van der Waals surface area contributed by atoms with E-state index in [1.54, 1.807) is 30.5 Å². The van der Waals surface area contributed by atoms with Crippen LogP contribution in [0, 0.1) is 0 Å². The van der Waals surface area contributed by atoms with E-state index < -0.39 is 23.2 Å². The van der Waals surface area contributed by atoms with Gasteiger partial charge in [0.2, 0.25) is 0 Å². The standard InChI is InChI=1S/C21H11ClF3N5O/c22-14-6-2-5-13(21(23,24)25)17(14)20(31)30-16-8-3-9-26-19(16)18(29-30)11-4-1-7-15-12(11)10-27-28-15/h1-10H,(H,27,28). The van der Waals surface area contributed by atoms with Crippen LogP contribution < -0.4 is 0 Å². The first kappa shape index (κ1) is 19.3. The molecule has 0 amide bonds. The van der Waals surface area contributed by atoms with Crippen molar-refractivity contribution in [1.82, 2.24) is 25.0 Å². The van der Waals surface area contributed by atoms with Crippen molar-refractivity contribution in [1.29, 1.82) is 0 Å². The predicted molar refractivity (Wildman–Crippen MR) is 109 cm³/mol. The Morgan fingerprint density at radius 3 is 2.68 bits per heavy atom. The highest BCUT2D eigenvalue weighted by Crippen LogP contribution is 2.37. The lowest BCUT2D eigenvalue weighted by atomic mass is 10.1. The molecule has 0 saturated heterocycles. The molecule has 0 atom stereocenters. The van der Waals surface area contributed by atoms with E-state index in [0.717, 1.165) is 27.7 Å². The summed E-state index contributed by atoms with van der Waals surface area (Å²) < 4.78 is 41.6. The van der Waals surface area contributed by atoms with E-state index in [-0.39, 0.29) is 10.5 Å². The van der Waals surface area contributed by atoms with E-state index in [0.29, 0.717) is 16.8 Å². The zero-order chi connectivity index (χ0) is 21.8. The van der Waals surface area contributed by atoms with Crippen molar-refractivity contribution in [3.63, 3.8) is 0 Å². The van der Waals surface area contributed by atoms with Gasteiger partial charge < -0.3 is 0 Å². The normalized spacial score (nSPS) is 12.0. The number of halogens is 4. The third-order valence-corrected chi connectivity index (χ3v) is 5.22. The second-order valence-electron chi connectivity index (χ2n) is 6.73. The first-order valence-electron chi connectivity index (χ1n) is 9.03. The van der Waals surface area contributed by atoms with Crippen molar-refractivity contribution in [2.24, 2.45) is 0 Å². The van der Waals surface area contributed by atoms with Gasteiger partial charge in [-0.25, -0.2) is 0 Å². The highest BCUT2D eigenvalue weighted by atomic mass is 35.5. The molecule has 1 N–H and O–H groups in total. The lowest BCUT2D eigenvalue weighted by Gasteiger charge is -2.13. The maximum atomic E-state index is 13.6. The van der Waals surface area contributed by atoms with Crippen LogP contribution in [0.4, 0.5) is 13.2 Å². The van der Waals surface area contributed by atoms with Gasteiger partial charge in [0, 0.05) is 17.1 Å². The molecule has 3 heterocycles. The molecule has 0 aliphatic rings. The van der Waals surface area contributed by atoms with E-state index in [1.165, 1.54) is 12.3 Å². The first-order valence-corrected chi connectivity index (χ1v) is 9.40. The molecule has 0 radical (unpaired) electrons. The van der Waals surface area contributed by atoms with Crippen LogP contribution in [0.5, 0.6) is 0 Å². The zero-order valence-corrected chi connectivity index (χ0v) is 16.2. The van der Waals surface area contributed by atoms with Gasteiger partial charge in [0.25, 0.3) is 5.91 Å². The van der Waals surface area contributed by atoms with Crippen molar-refractivity contribution in [2.45, 2.75) is 6.18 Å². The molecule has 6 nitrogen and oxygen atoms in total. The molecule has 2 aromatic carbocycles. The lowest BCUT2D eigenvalue weighted by molar-refractivity contribution is -0.137. The summed E-state index contributed by atoms with van der Waals surface area (Å²) in [5, 5.41) is 11.7. The molecule has 154 valence electrons. The van der Waals surface area contributed by atoms with E-state index in [1.807, 2.05) is 6.07 Å². The summed E-state index contributed by atoms with van der Waals surface area (Å²) in [6.07, 6.45) is -1.63. The average Bonchev–Trinajstić information content (AvgIpc) is 3.37. The van der Waals surface area contributed by atoms with E-state index in [4.69, 9.17) is 11.6 Å². The summed E-state index contributed by atoms with van der Waals surface area (Å²) in [5.41, 5.74) is 0.552. The lowest BCUT2D eigenvalue weighted by Crippen LogP contribution is -2.20. The van der Waals surface area contributed by atoms with Gasteiger partial charge >= 0.3 is 6.18 Å². The van der Waals surface area contributed by atoms with Gasteiger partial charge in [0.15, 0.2) is 0 Å². The van der Waals surface area contributed by atoms with Crippen molar-refractivity contribution in [2.75, 3.05) is 0 Å². The largest absolute Gasteiger partial charge is 0.417 e. The minimum atomic E-state index is -4.76. The summed E-state index contributed by atoms with van der Waals surface area (Å²) in [7, 11) is 0. The fourth-order valence-corrected chi connectivity index (χ4v) is 3.80. The summed E-state index contributed by atoms with van der Waals surface area (Å²) in [4.78, 5) is 17.6. The highest BCUT2D eigenvalue weighted by molar-refractivity contribution is 6.34. The maximum absolute atomic E-state index is 13.6.